The van der Waals surface area contributed by atoms with Crippen LogP contribution in [0.2, 0.25) is 0 Å². The Morgan fingerprint density at radius 3 is 2.62 bits per heavy atom. The van der Waals surface area contributed by atoms with E-state index >= 15 is 0 Å². The molecule has 0 amide bonds. The number of thiazole rings is 1. The second kappa shape index (κ2) is 7.19. The van der Waals surface area contributed by atoms with E-state index in [2.05, 4.69) is 62.7 Å². The zero-order valence-electron chi connectivity index (χ0n) is 13.5. The van der Waals surface area contributed by atoms with Crippen molar-refractivity contribution in [2.45, 2.75) is 46.6 Å². The Balaban J connectivity index is 2.02. The minimum absolute atomic E-state index is 0.271. The predicted octanol–water partition coefficient (Wildman–Crippen LogP) is 4.77. The van der Waals surface area contributed by atoms with Crippen LogP contribution in [0.4, 0.5) is 0 Å². The number of hydrogen-bond donors (Lipinski definition) is 1. The van der Waals surface area contributed by atoms with Crippen molar-refractivity contribution in [2.24, 2.45) is 5.41 Å². The lowest BCUT2D eigenvalue weighted by atomic mass is 9.83. The largest absolute Gasteiger partial charge is 0.315 e. The number of aromatic nitrogens is 1. The summed E-state index contributed by atoms with van der Waals surface area (Å²) in [5.41, 5.74) is 2.58. The van der Waals surface area contributed by atoms with Gasteiger partial charge in [-0.05, 0) is 25.3 Å². The van der Waals surface area contributed by atoms with Gasteiger partial charge in [0.1, 0.15) is 0 Å². The number of benzene rings is 1. The van der Waals surface area contributed by atoms with Gasteiger partial charge in [0, 0.05) is 23.4 Å². The van der Waals surface area contributed by atoms with E-state index in [9.17, 15) is 0 Å². The maximum atomic E-state index is 4.82. The Bertz CT molecular complexity index is 545. The Morgan fingerprint density at radius 2 is 1.95 bits per heavy atom. The van der Waals surface area contributed by atoms with E-state index in [1.54, 1.807) is 11.3 Å². The SMILES string of the molecule is CCNC(C)CC(C)(C)Cc1nc(-c2ccccc2)cs1. The molecule has 3 heteroatoms. The monoisotopic (exact) mass is 302 g/mol. The first-order chi connectivity index (χ1) is 10.00. The summed E-state index contributed by atoms with van der Waals surface area (Å²) in [6.45, 7) is 10.1. The third-order valence-electron chi connectivity index (χ3n) is 3.66. The van der Waals surface area contributed by atoms with E-state index in [1.807, 2.05) is 6.07 Å². The summed E-state index contributed by atoms with van der Waals surface area (Å²) in [5.74, 6) is 0. The van der Waals surface area contributed by atoms with Gasteiger partial charge in [0.15, 0.2) is 0 Å². The fourth-order valence-electron chi connectivity index (χ4n) is 2.86. The molecule has 0 spiro atoms. The molecule has 21 heavy (non-hydrogen) atoms. The Hall–Kier alpha value is -1.19. The van der Waals surface area contributed by atoms with Gasteiger partial charge in [-0.15, -0.1) is 11.3 Å². The van der Waals surface area contributed by atoms with E-state index in [0.717, 1.165) is 18.7 Å². The molecule has 0 aliphatic rings. The minimum atomic E-state index is 0.271. The van der Waals surface area contributed by atoms with E-state index in [4.69, 9.17) is 4.98 Å². The van der Waals surface area contributed by atoms with Gasteiger partial charge in [-0.25, -0.2) is 4.98 Å². The molecule has 2 nitrogen and oxygen atoms in total. The Kier molecular flexibility index (Phi) is 5.54. The predicted molar refractivity (Wildman–Crippen MR) is 92.8 cm³/mol. The van der Waals surface area contributed by atoms with E-state index in [-0.39, 0.29) is 5.41 Å². The summed E-state index contributed by atoms with van der Waals surface area (Å²) in [6.07, 6.45) is 2.21. The van der Waals surface area contributed by atoms with Crippen molar-refractivity contribution >= 4 is 11.3 Å². The summed E-state index contributed by atoms with van der Waals surface area (Å²) >= 11 is 1.78. The first-order valence-electron chi connectivity index (χ1n) is 7.73. The molecule has 1 unspecified atom stereocenters. The third kappa shape index (κ3) is 4.94. The van der Waals surface area contributed by atoms with Crippen molar-refractivity contribution in [3.8, 4) is 11.3 Å². The fourth-order valence-corrected chi connectivity index (χ4v) is 3.93. The van der Waals surface area contributed by atoms with Crippen LogP contribution in [0, 0.1) is 5.41 Å². The second-order valence-corrected chi connectivity index (χ2v) is 7.44. The smallest absolute Gasteiger partial charge is 0.0937 e. The molecule has 0 saturated heterocycles. The molecule has 1 aromatic heterocycles. The van der Waals surface area contributed by atoms with Gasteiger partial charge in [-0.2, -0.15) is 0 Å². The molecule has 1 heterocycles. The second-order valence-electron chi connectivity index (χ2n) is 6.50. The van der Waals surface area contributed by atoms with E-state index < -0.39 is 0 Å². The standard InChI is InChI=1S/C18H26N2S/c1-5-19-14(2)11-18(3,4)12-17-20-16(13-21-17)15-9-7-6-8-10-15/h6-10,13-14,19H,5,11-12H2,1-4H3. The van der Waals surface area contributed by atoms with Crippen LogP contribution in [-0.2, 0) is 6.42 Å². The Labute approximate surface area is 132 Å². The summed E-state index contributed by atoms with van der Waals surface area (Å²) < 4.78 is 0. The molecule has 1 N–H and O–H groups in total. The lowest BCUT2D eigenvalue weighted by Crippen LogP contribution is -2.32. The van der Waals surface area contributed by atoms with Crippen LogP contribution in [-0.4, -0.2) is 17.6 Å². The molecule has 2 aromatic rings. The van der Waals surface area contributed by atoms with Crippen LogP contribution in [0.25, 0.3) is 11.3 Å². The number of nitrogens with zero attached hydrogens (tertiary/aromatic N) is 1. The Morgan fingerprint density at radius 1 is 1.24 bits per heavy atom. The normalized spacial score (nSPS) is 13.3. The van der Waals surface area contributed by atoms with Gasteiger partial charge in [0.2, 0.25) is 0 Å². The van der Waals surface area contributed by atoms with Gasteiger partial charge >= 0.3 is 0 Å². The molecule has 1 aromatic carbocycles. The van der Waals surface area contributed by atoms with Crippen LogP contribution < -0.4 is 5.32 Å². The molecule has 0 saturated carbocycles. The molecular weight excluding hydrogens is 276 g/mol. The number of nitrogens with one attached hydrogen (secondary N) is 1. The maximum Gasteiger partial charge on any atom is 0.0937 e. The van der Waals surface area contributed by atoms with Crippen LogP contribution in [0.15, 0.2) is 35.7 Å². The molecule has 1 atom stereocenters. The van der Waals surface area contributed by atoms with Crippen LogP contribution in [0.1, 0.15) is 39.1 Å². The zero-order valence-corrected chi connectivity index (χ0v) is 14.3. The van der Waals surface area contributed by atoms with Gasteiger partial charge in [-0.1, -0.05) is 51.1 Å². The summed E-state index contributed by atoms with van der Waals surface area (Å²) in [7, 11) is 0. The van der Waals surface area contributed by atoms with Gasteiger partial charge in [0.25, 0.3) is 0 Å². The average Bonchev–Trinajstić information content (AvgIpc) is 2.87. The van der Waals surface area contributed by atoms with Crippen molar-refractivity contribution in [3.63, 3.8) is 0 Å². The molecule has 0 fully saturated rings. The lowest BCUT2D eigenvalue weighted by molar-refractivity contribution is 0.288. The van der Waals surface area contributed by atoms with E-state index in [1.165, 1.54) is 17.0 Å². The highest BCUT2D eigenvalue weighted by molar-refractivity contribution is 7.09. The van der Waals surface area contributed by atoms with Crippen molar-refractivity contribution in [3.05, 3.63) is 40.7 Å². The van der Waals surface area contributed by atoms with Gasteiger partial charge in [-0.3, -0.25) is 0 Å². The highest BCUT2D eigenvalue weighted by Gasteiger charge is 2.23. The highest BCUT2D eigenvalue weighted by Crippen LogP contribution is 2.30. The number of rotatable bonds is 7. The molecular formula is C18H26N2S. The summed E-state index contributed by atoms with van der Waals surface area (Å²) in [4.78, 5) is 4.82. The molecule has 0 aliphatic carbocycles. The maximum absolute atomic E-state index is 4.82. The topological polar surface area (TPSA) is 24.9 Å². The van der Waals surface area contributed by atoms with Crippen molar-refractivity contribution < 1.29 is 0 Å². The molecule has 0 aliphatic heterocycles. The number of hydrogen-bond acceptors (Lipinski definition) is 3. The third-order valence-corrected chi connectivity index (χ3v) is 4.51. The minimum Gasteiger partial charge on any atom is -0.315 e. The molecule has 0 bridgehead atoms. The first kappa shape index (κ1) is 16.2. The van der Waals surface area contributed by atoms with Crippen LogP contribution >= 0.6 is 11.3 Å². The molecule has 114 valence electrons. The van der Waals surface area contributed by atoms with Gasteiger partial charge < -0.3 is 5.32 Å². The average molecular weight is 302 g/mol. The fraction of sp³-hybridized carbons (Fsp3) is 0.500. The van der Waals surface area contributed by atoms with Crippen LogP contribution in [0.3, 0.4) is 0 Å². The molecule has 0 radical (unpaired) electrons. The van der Waals surface area contributed by atoms with Gasteiger partial charge in [0.05, 0.1) is 10.7 Å². The first-order valence-corrected chi connectivity index (χ1v) is 8.61. The zero-order chi connectivity index (χ0) is 15.3. The van der Waals surface area contributed by atoms with Crippen molar-refractivity contribution in [1.82, 2.24) is 10.3 Å². The lowest BCUT2D eigenvalue weighted by Gasteiger charge is -2.27. The quantitative estimate of drug-likeness (QED) is 0.797. The highest BCUT2D eigenvalue weighted by atomic mass is 32.1. The van der Waals surface area contributed by atoms with Crippen molar-refractivity contribution in [1.29, 1.82) is 0 Å². The molecule has 2 rings (SSSR count). The summed E-state index contributed by atoms with van der Waals surface area (Å²) in [5, 5.41) is 6.91. The van der Waals surface area contributed by atoms with E-state index in [0.29, 0.717) is 6.04 Å². The summed E-state index contributed by atoms with van der Waals surface area (Å²) in [6, 6.07) is 11.0. The van der Waals surface area contributed by atoms with Crippen molar-refractivity contribution in [2.75, 3.05) is 6.54 Å². The van der Waals surface area contributed by atoms with Crippen LogP contribution in [0.5, 0.6) is 0 Å².